The molecule has 3 aromatic rings. The van der Waals surface area contributed by atoms with Crippen molar-refractivity contribution in [3.8, 4) is 5.75 Å². The molecule has 0 fully saturated rings. The average Bonchev–Trinajstić information content (AvgIpc) is 3.04. The van der Waals surface area contributed by atoms with Crippen LogP contribution in [-0.4, -0.2) is 44.6 Å². The molecule has 1 amide bonds. The molecule has 0 bridgehead atoms. The molecule has 1 atom stereocenters. The molecule has 6 heteroatoms. The van der Waals surface area contributed by atoms with Crippen molar-refractivity contribution >= 4 is 16.9 Å². The molecule has 6 nitrogen and oxygen atoms in total. The standard InChI is InChI=1S/C25H28N2O4/c1-4-15-30-18-10-7-9-17(16-18)22-21-23(28)19-11-5-6-12-20(19)31-24(21)25(29)27(22)14-8-13-26(2)3/h5-7,9-12,16,22H,4,8,13-15H2,1-3H3/p+1/t22-/m1/s1. The van der Waals surface area contributed by atoms with Gasteiger partial charge in [0.25, 0.3) is 5.91 Å². The maximum atomic E-state index is 13.5. The Balaban J connectivity index is 1.82. The molecule has 1 aromatic heterocycles. The minimum atomic E-state index is -0.481. The number of hydrogen-bond donors (Lipinski definition) is 1. The zero-order valence-electron chi connectivity index (χ0n) is 18.3. The van der Waals surface area contributed by atoms with Gasteiger partial charge >= 0.3 is 0 Å². The van der Waals surface area contributed by atoms with Gasteiger partial charge in [0, 0.05) is 13.0 Å². The molecule has 0 saturated carbocycles. The Morgan fingerprint density at radius 1 is 1.10 bits per heavy atom. The first-order valence-electron chi connectivity index (χ1n) is 10.9. The molecular formula is C25H29N2O4+. The van der Waals surface area contributed by atoms with E-state index in [2.05, 4.69) is 21.0 Å². The number of quaternary nitrogens is 1. The lowest BCUT2D eigenvalue weighted by Crippen LogP contribution is -3.05. The van der Waals surface area contributed by atoms with Crippen LogP contribution in [0.3, 0.4) is 0 Å². The topological polar surface area (TPSA) is 64.2 Å². The van der Waals surface area contributed by atoms with E-state index in [1.54, 1.807) is 23.1 Å². The molecule has 1 N–H and O–H groups in total. The van der Waals surface area contributed by atoms with E-state index in [1.807, 2.05) is 30.3 Å². The van der Waals surface area contributed by atoms with E-state index in [4.69, 9.17) is 9.15 Å². The molecule has 2 heterocycles. The van der Waals surface area contributed by atoms with Crippen LogP contribution in [0.25, 0.3) is 11.0 Å². The van der Waals surface area contributed by atoms with Gasteiger partial charge in [-0.25, -0.2) is 0 Å². The Kier molecular flexibility index (Phi) is 6.09. The number of amides is 1. The molecule has 0 radical (unpaired) electrons. The fourth-order valence-electron chi connectivity index (χ4n) is 4.14. The lowest BCUT2D eigenvalue weighted by Gasteiger charge is -2.25. The van der Waals surface area contributed by atoms with Crippen molar-refractivity contribution < 1.29 is 18.8 Å². The summed E-state index contributed by atoms with van der Waals surface area (Å²) in [5, 5.41) is 0.497. The average molecular weight is 422 g/mol. The number of para-hydroxylation sites is 1. The fourth-order valence-corrected chi connectivity index (χ4v) is 4.14. The van der Waals surface area contributed by atoms with Gasteiger partial charge in [-0.1, -0.05) is 31.2 Å². The van der Waals surface area contributed by atoms with Crippen LogP contribution >= 0.6 is 0 Å². The van der Waals surface area contributed by atoms with Crippen molar-refractivity contribution in [3.63, 3.8) is 0 Å². The first-order valence-corrected chi connectivity index (χ1v) is 10.9. The second-order valence-electron chi connectivity index (χ2n) is 8.30. The third-order valence-corrected chi connectivity index (χ3v) is 5.60. The number of benzene rings is 2. The smallest absolute Gasteiger partial charge is 0.290 e. The van der Waals surface area contributed by atoms with Crippen molar-refractivity contribution in [2.45, 2.75) is 25.8 Å². The Hall–Kier alpha value is -3.12. The zero-order valence-corrected chi connectivity index (χ0v) is 18.3. The Morgan fingerprint density at radius 2 is 1.90 bits per heavy atom. The van der Waals surface area contributed by atoms with Crippen molar-refractivity contribution in [2.24, 2.45) is 0 Å². The molecule has 4 rings (SSSR count). The quantitative estimate of drug-likeness (QED) is 0.607. The fraction of sp³-hybridized carbons (Fsp3) is 0.360. The Morgan fingerprint density at radius 3 is 2.68 bits per heavy atom. The first-order chi connectivity index (χ1) is 15.0. The SMILES string of the molecule is CCCOc1cccc([C@@H]2c3c(oc4ccccc4c3=O)C(=O)N2CCC[NH+](C)C)c1. The summed E-state index contributed by atoms with van der Waals surface area (Å²) in [7, 11) is 4.18. The number of carbonyl (C=O) groups excluding carboxylic acids is 1. The molecule has 1 aliphatic heterocycles. The van der Waals surface area contributed by atoms with Crippen LogP contribution in [-0.2, 0) is 0 Å². The number of carbonyl (C=O) groups is 1. The Bertz CT molecular complexity index is 1150. The lowest BCUT2D eigenvalue weighted by atomic mass is 9.98. The number of rotatable bonds is 8. The summed E-state index contributed by atoms with van der Waals surface area (Å²) in [5.74, 6) is 0.672. The monoisotopic (exact) mass is 421 g/mol. The minimum absolute atomic E-state index is 0.143. The van der Waals surface area contributed by atoms with Gasteiger partial charge in [0.2, 0.25) is 5.76 Å². The van der Waals surface area contributed by atoms with E-state index in [1.165, 1.54) is 4.90 Å². The summed E-state index contributed by atoms with van der Waals surface area (Å²) in [6.07, 6.45) is 1.74. The summed E-state index contributed by atoms with van der Waals surface area (Å²) in [4.78, 5) is 29.9. The van der Waals surface area contributed by atoms with Crippen molar-refractivity contribution in [1.82, 2.24) is 4.90 Å². The molecule has 0 unspecified atom stereocenters. The number of fused-ring (bicyclic) bond motifs is 2. The van der Waals surface area contributed by atoms with Crippen LogP contribution in [0, 0.1) is 0 Å². The highest BCUT2D eigenvalue weighted by atomic mass is 16.5. The van der Waals surface area contributed by atoms with E-state index in [9.17, 15) is 9.59 Å². The highest BCUT2D eigenvalue weighted by Gasteiger charge is 2.42. The minimum Gasteiger partial charge on any atom is -0.494 e. The Labute approximate surface area is 182 Å². The summed E-state index contributed by atoms with van der Waals surface area (Å²) in [6.45, 7) is 4.15. The van der Waals surface area contributed by atoms with Gasteiger partial charge in [0.15, 0.2) is 5.43 Å². The second-order valence-corrected chi connectivity index (χ2v) is 8.30. The molecule has 0 spiro atoms. The normalized spacial score (nSPS) is 15.7. The van der Waals surface area contributed by atoms with Gasteiger partial charge < -0.3 is 19.0 Å². The third kappa shape index (κ3) is 4.08. The highest BCUT2D eigenvalue weighted by Crippen LogP contribution is 2.39. The number of ether oxygens (including phenoxy) is 1. The highest BCUT2D eigenvalue weighted by molar-refractivity contribution is 5.99. The van der Waals surface area contributed by atoms with Crippen LogP contribution in [0.15, 0.2) is 57.7 Å². The van der Waals surface area contributed by atoms with E-state index in [-0.39, 0.29) is 17.1 Å². The largest absolute Gasteiger partial charge is 0.494 e. The summed E-state index contributed by atoms with van der Waals surface area (Å²) in [6, 6.07) is 14.3. The molecule has 162 valence electrons. The maximum Gasteiger partial charge on any atom is 0.290 e. The molecule has 1 aliphatic rings. The summed E-state index contributed by atoms with van der Waals surface area (Å²) in [5.41, 5.74) is 1.59. The van der Waals surface area contributed by atoms with Crippen molar-refractivity contribution in [1.29, 1.82) is 0 Å². The number of nitrogens with one attached hydrogen (secondary N) is 1. The molecule has 0 saturated heterocycles. The molecule has 2 aromatic carbocycles. The van der Waals surface area contributed by atoms with E-state index in [0.717, 1.165) is 30.7 Å². The lowest BCUT2D eigenvalue weighted by molar-refractivity contribution is -0.858. The van der Waals surface area contributed by atoms with Crippen molar-refractivity contribution in [3.05, 3.63) is 75.6 Å². The first kappa shape index (κ1) is 21.1. The summed E-state index contributed by atoms with van der Waals surface area (Å²) >= 11 is 0. The van der Waals surface area contributed by atoms with Gasteiger partial charge in [0.1, 0.15) is 11.3 Å². The number of hydrogen-bond acceptors (Lipinski definition) is 4. The van der Waals surface area contributed by atoms with Gasteiger partial charge in [-0.3, -0.25) is 9.59 Å². The van der Waals surface area contributed by atoms with Crippen molar-refractivity contribution in [2.75, 3.05) is 33.8 Å². The van der Waals surface area contributed by atoms with E-state index >= 15 is 0 Å². The van der Waals surface area contributed by atoms with Crippen LogP contribution in [0.1, 0.15) is 47.5 Å². The predicted octanol–water partition coefficient (Wildman–Crippen LogP) is 2.66. The predicted molar refractivity (Wildman–Crippen MR) is 120 cm³/mol. The van der Waals surface area contributed by atoms with Gasteiger partial charge in [-0.2, -0.15) is 0 Å². The van der Waals surface area contributed by atoms with E-state index in [0.29, 0.717) is 29.7 Å². The van der Waals surface area contributed by atoms with Crippen LogP contribution in [0.2, 0.25) is 0 Å². The van der Waals surface area contributed by atoms with E-state index < -0.39 is 6.04 Å². The van der Waals surface area contributed by atoms with Crippen LogP contribution < -0.4 is 15.1 Å². The maximum absolute atomic E-state index is 13.5. The molecule has 0 aliphatic carbocycles. The van der Waals surface area contributed by atoms with Gasteiger partial charge in [-0.05, 0) is 36.2 Å². The van der Waals surface area contributed by atoms with Crippen LogP contribution in [0.4, 0.5) is 0 Å². The molecule has 31 heavy (non-hydrogen) atoms. The third-order valence-electron chi connectivity index (χ3n) is 5.60. The van der Waals surface area contributed by atoms with Crippen LogP contribution in [0.5, 0.6) is 5.75 Å². The zero-order chi connectivity index (χ0) is 22.0. The van der Waals surface area contributed by atoms with Gasteiger partial charge in [-0.15, -0.1) is 0 Å². The molecular weight excluding hydrogens is 392 g/mol. The second kappa shape index (κ2) is 8.94. The van der Waals surface area contributed by atoms with Gasteiger partial charge in [0.05, 0.1) is 44.2 Å². The summed E-state index contributed by atoms with van der Waals surface area (Å²) < 4.78 is 11.8. The number of nitrogens with zero attached hydrogens (tertiary/aromatic N) is 1.